The van der Waals surface area contributed by atoms with Crippen molar-refractivity contribution in [2.75, 3.05) is 26.2 Å². The van der Waals surface area contributed by atoms with Gasteiger partial charge in [0.15, 0.2) is 0 Å². The Kier molecular flexibility index (Phi) is 4.95. The highest BCUT2D eigenvalue weighted by Gasteiger charge is 2.27. The molecule has 0 spiro atoms. The van der Waals surface area contributed by atoms with Gasteiger partial charge in [0.05, 0.1) is 0 Å². The van der Waals surface area contributed by atoms with Crippen LogP contribution in [0.25, 0.3) is 0 Å². The van der Waals surface area contributed by atoms with Gasteiger partial charge in [-0.3, -0.25) is 9.88 Å². The van der Waals surface area contributed by atoms with Gasteiger partial charge in [0.1, 0.15) is 0 Å². The van der Waals surface area contributed by atoms with Crippen LogP contribution in [0, 0.1) is 0 Å². The second-order valence-corrected chi connectivity index (χ2v) is 5.12. The van der Waals surface area contributed by atoms with Crippen LogP contribution in [-0.4, -0.2) is 52.2 Å². The number of amides is 1. The molecule has 2 rings (SSSR count). The molecule has 2 heterocycles. The molecule has 5 heteroatoms. The Morgan fingerprint density at radius 3 is 2.60 bits per heavy atom. The number of pyridine rings is 1. The molecule has 1 aromatic heterocycles. The van der Waals surface area contributed by atoms with Gasteiger partial charge < -0.3 is 10.0 Å². The molecule has 0 saturated carbocycles. The van der Waals surface area contributed by atoms with Gasteiger partial charge in [-0.2, -0.15) is 0 Å². The number of aromatic nitrogens is 1. The van der Waals surface area contributed by atoms with E-state index in [2.05, 4.69) is 29.8 Å². The van der Waals surface area contributed by atoms with Gasteiger partial charge in [0.25, 0.3) is 0 Å². The second-order valence-electron chi connectivity index (χ2n) is 5.12. The Morgan fingerprint density at radius 1 is 1.35 bits per heavy atom. The van der Waals surface area contributed by atoms with Crippen LogP contribution in [0.2, 0.25) is 0 Å². The molecule has 0 aliphatic carbocycles. The zero-order valence-electron chi connectivity index (χ0n) is 12.2. The van der Waals surface area contributed by atoms with Crippen molar-refractivity contribution in [1.29, 1.82) is 0 Å². The molecule has 1 atom stereocenters. The molecule has 1 amide bonds. The van der Waals surface area contributed by atoms with E-state index in [-0.39, 0.29) is 0 Å². The smallest absolute Gasteiger partial charge is 0.407 e. The molecular formula is C15H23N3O2. The number of aryl methyl sites for hydroxylation is 1. The third-order valence-corrected chi connectivity index (χ3v) is 4.03. The van der Waals surface area contributed by atoms with Gasteiger partial charge in [-0.25, -0.2) is 4.79 Å². The average Bonchev–Trinajstić information content (AvgIpc) is 2.49. The number of carboxylic acid groups (broad SMARTS) is 1. The maximum atomic E-state index is 11.0. The highest BCUT2D eigenvalue weighted by Crippen LogP contribution is 2.27. The lowest BCUT2D eigenvalue weighted by Crippen LogP contribution is -2.49. The van der Waals surface area contributed by atoms with Crippen molar-refractivity contribution < 1.29 is 9.90 Å². The van der Waals surface area contributed by atoms with Crippen molar-refractivity contribution in [2.24, 2.45) is 0 Å². The van der Waals surface area contributed by atoms with Crippen molar-refractivity contribution in [3.05, 3.63) is 29.6 Å². The van der Waals surface area contributed by atoms with E-state index < -0.39 is 6.09 Å². The van der Waals surface area contributed by atoms with Crippen LogP contribution >= 0.6 is 0 Å². The molecule has 20 heavy (non-hydrogen) atoms. The number of rotatable bonds is 4. The van der Waals surface area contributed by atoms with Crippen LogP contribution in [0.15, 0.2) is 18.3 Å². The molecule has 1 unspecified atom stereocenters. The molecular weight excluding hydrogens is 254 g/mol. The first-order valence-corrected chi connectivity index (χ1v) is 7.33. The lowest BCUT2D eigenvalue weighted by molar-refractivity contribution is 0.0832. The topological polar surface area (TPSA) is 56.7 Å². The molecule has 1 aliphatic heterocycles. The third-order valence-electron chi connectivity index (χ3n) is 4.03. The summed E-state index contributed by atoms with van der Waals surface area (Å²) in [4.78, 5) is 19.3. The summed E-state index contributed by atoms with van der Waals surface area (Å²) < 4.78 is 0. The Balaban J connectivity index is 2.11. The molecule has 0 radical (unpaired) electrons. The Morgan fingerprint density at radius 2 is 2.05 bits per heavy atom. The normalized spacial score (nSPS) is 18.0. The van der Waals surface area contributed by atoms with E-state index in [0.29, 0.717) is 19.1 Å². The fourth-order valence-corrected chi connectivity index (χ4v) is 2.95. The van der Waals surface area contributed by atoms with Crippen LogP contribution in [-0.2, 0) is 6.42 Å². The van der Waals surface area contributed by atoms with Crippen LogP contribution in [0.3, 0.4) is 0 Å². The van der Waals surface area contributed by atoms with Crippen LogP contribution in [0.5, 0.6) is 0 Å². The van der Waals surface area contributed by atoms with Crippen molar-refractivity contribution in [3.63, 3.8) is 0 Å². The number of carbonyl (C=O) groups is 1. The minimum atomic E-state index is -0.812. The fourth-order valence-electron chi connectivity index (χ4n) is 2.95. The summed E-state index contributed by atoms with van der Waals surface area (Å²) in [6.07, 6.45) is 2.98. The SMILES string of the molecule is CCc1ncccc1C(CC)N1CCN(C(=O)O)CC1. The molecule has 0 bridgehead atoms. The predicted octanol–water partition coefficient (Wildman–Crippen LogP) is 2.39. The number of nitrogens with zero attached hydrogens (tertiary/aromatic N) is 3. The standard InChI is InChI=1S/C15H23N3O2/c1-3-13-12(6-5-7-16-13)14(4-2)17-8-10-18(11-9-17)15(19)20/h5-7,14H,3-4,8-11H2,1-2H3,(H,19,20). The summed E-state index contributed by atoms with van der Waals surface area (Å²) in [5.74, 6) is 0. The monoisotopic (exact) mass is 277 g/mol. The van der Waals surface area contributed by atoms with Crippen LogP contribution in [0.4, 0.5) is 4.79 Å². The molecule has 110 valence electrons. The van der Waals surface area contributed by atoms with Gasteiger partial charge >= 0.3 is 6.09 Å². The number of hydrogen-bond donors (Lipinski definition) is 1. The lowest BCUT2D eigenvalue weighted by atomic mass is 9.99. The molecule has 1 saturated heterocycles. The summed E-state index contributed by atoms with van der Waals surface area (Å²) in [7, 11) is 0. The Labute approximate surface area is 120 Å². The summed E-state index contributed by atoms with van der Waals surface area (Å²) in [6.45, 7) is 7.08. The van der Waals surface area contributed by atoms with Crippen LogP contribution in [0.1, 0.15) is 37.6 Å². The van der Waals surface area contributed by atoms with Crippen LogP contribution < -0.4 is 0 Å². The van der Waals surface area contributed by atoms with Gasteiger partial charge in [-0.1, -0.05) is 19.9 Å². The first-order chi connectivity index (χ1) is 9.67. The number of hydrogen-bond acceptors (Lipinski definition) is 3. The average molecular weight is 277 g/mol. The first-order valence-electron chi connectivity index (χ1n) is 7.33. The van der Waals surface area contributed by atoms with E-state index in [1.54, 1.807) is 0 Å². The Hall–Kier alpha value is -1.62. The molecule has 0 aromatic carbocycles. The van der Waals surface area contributed by atoms with E-state index in [1.165, 1.54) is 10.5 Å². The summed E-state index contributed by atoms with van der Waals surface area (Å²) in [6, 6.07) is 4.49. The van der Waals surface area contributed by atoms with E-state index in [0.717, 1.165) is 31.6 Å². The van der Waals surface area contributed by atoms with Gasteiger partial charge in [0, 0.05) is 44.1 Å². The molecule has 1 N–H and O–H groups in total. The lowest BCUT2D eigenvalue weighted by Gasteiger charge is -2.38. The van der Waals surface area contributed by atoms with Crippen molar-refractivity contribution in [3.8, 4) is 0 Å². The summed E-state index contributed by atoms with van der Waals surface area (Å²) >= 11 is 0. The fraction of sp³-hybridized carbons (Fsp3) is 0.600. The maximum absolute atomic E-state index is 11.0. The maximum Gasteiger partial charge on any atom is 0.407 e. The highest BCUT2D eigenvalue weighted by molar-refractivity contribution is 5.65. The highest BCUT2D eigenvalue weighted by atomic mass is 16.4. The van der Waals surface area contributed by atoms with Gasteiger partial charge in [-0.15, -0.1) is 0 Å². The van der Waals surface area contributed by atoms with Gasteiger partial charge in [0.2, 0.25) is 0 Å². The molecule has 5 nitrogen and oxygen atoms in total. The van der Waals surface area contributed by atoms with E-state index >= 15 is 0 Å². The van der Waals surface area contributed by atoms with Gasteiger partial charge in [-0.05, 0) is 24.5 Å². The second kappa shape index (κ2) is 6.70. The quantitative estimate of drug-likeness (QED) is 0.918. The van der Waals surface area contributed by atoms with Crippen molar-refractivity contribution in [2.45, 2.75) is 32.7 Å². The predicted molar refractivity (Wildman–Crippen MR) is 77.8 cm³/mol. The summed E-state index contributed by atoms with van der Waals surface area (Å²) in [5.41, 5.74) is 2.45. The molecule has 1 fully saturated rings. The van der Waals surface area contributed by atoms with E-state index in [1.807, 2.05) is 12.3 Å². The van der Waals surface area contributed by atoms with E-state index in [4.69, 9.17) is 5.11 Å². The molecule has 1 aromatic rings. The summed E-state index contributed by atoms with van der Waals surface area (Å²) in [5, 5.41) is 9.02. The molecule has 1 aliphatic rings. The minimum Gasteiger partial charge on any atom is -0.465 e. The number of piperazine rings is 1. The van der Waals surface area contributed by atoms with Crippen molar-refractivity contribution >= 4 is 6.09 Å². The minimum absolute atomic E-state index is 0.342. The first kappa shape index (κ1) is 14.8. The van der Waals surface area contributed by atoms with Crippen molar-refractivity contribution in [1.82, 2.24) is 14.8 Å². The third kappa shape index (κ3) is 3.10. The Bertz CT molecular complexity index is 456. The zero-order valence-corrected chi connectivity index (χ0v) is 12.2. The van der Waals surface area contributed by atoms with E-state index in [9.17, 15) is 4.79 Å². The zero-order chi connectivity index (χ0) is 14.5. The largest absolute Gasteiger partial charge is 0.465 e.